The average molecular weight is 425 g/mol. The number of fused-ring (bicyclic) bond motifs is 4. The van der Waals surface area contributed by atoms with Gasteiger partial charge in [-0.1, -0.05) is 73.7 Å². The molecule has 5 nitrogen and oxygen atoms in total. The van der Waals surface area contributed by atoms with Gasteiger partial charge < -0.3 is 15.0 Å². The first-order valence-corrected chi connectivity index (χ1v) is 10.9. The molecule has 4 aromatic rings. The van der Waals surface area contributed by atoms with Gasteiger partial charge in [0.25, 0.3) is 0 Å². The van der Waals surface area contributed by atoms with Gasteiger partial charge in [-0.3, -0.25) is 4.79 Å². The maximum Gasteiger partial charge on any atom is 0.407 e. The zero-order valence-electron chi connectivity index (χ0n) is 17.8. The fourth-order valence-electron chi connectivity index (χ4n) is 4.60. The predicted octanol–water partition coefficient (Wildman–Crippen LogP) is 5.67. The van der Waals surface area contributed by atoms with Crippen LogP contribution in [0.1, 0.15) is 40.7 Å². The second-order valence-corrected chi connectivity index (χ2v) is 8.04. The van der Waals surface area contributed by atoms with Crippen LogP contribution in [0.25, 0.3) is 22.0 Å². The molecule has 1 aliphatic carbocycles. The highest BCUT2D eigenvalue weighted by Crippen LogP contribution is 2.44. The van der Waals surface area contributed by atoms with Crippen molar-refractivity contribution in [2.75, 3.05) is 6.61 Å². The third-order valence-electron chi connectivity index (χ3n) is 6.22. The van der Waals surface area contributed by atoms with E-state index in [2.05, 4.69) is 34.6 Å². The highest BCUT2D eigenvalue weighted by Gasteiger charge is 2.30. The van der Waals surface area contributed by atoms with Crippen LogP contribution >= 0.6 is 0 Å². The van der Waals surface area contributed by atoms with Crippen LogP contribution in [-0.2, 0) is 4.74 Å². The van der Waals surface area contributed by atoms with Crippen LogP contribution in [0, 0.1) is 0 Å². The Bertz CT molecular complexity index is 1260. The molecule has 0 saturated carbocycles. The summed E-state index contributed by atoms with van der Waals surface area (Å²) in [5.41, 5.74) is 6.14. The van der Waals surface area contributed by atoms with E-state index in [4.69, 9.17) is 4.74 Å². The van der Waals surface area contributed by atoms with Crippen LogP contribution in [0.3, 0.4) is 0 Å². The fourth-order valence-corrected chi connectivity index (χ4v) is 4.60. The number of carbonyl (C=O) groups is 2. The number of hydrogen-bond acceptors (Lipinski definition) is 3. The summed E-state index contributed by atoms with van der Waals surface area (Å²) in [5, 5.41) is 3.62. The second-order valence-electron chi connectivity index (χ2n) is 8.04. The number of amides is 1. The van der Waals surface area contributed by atoms with Gasteiger partial charge in [-0.2, -0.15) is 0 Å². The van der Waals surface area contributed by atoms with Crippen molar-refractivity contribution in [3.05, 3.63) is 95.7 Å². The van der Waals surface area contributed by atoms with Gasteiger partial charge in [0, 0.05) is 28.6 Å². The quantitative estimate of drug-likeness (QED) is 0.392. The SMILES string of the molecule is CC[C@@H](NC(=O)OCC1c2ccccc2-c2ccccc21)C(=O)c1c[nH]c2ccccc12. The van der Waals surface area contributed by atoms with Gasteiger partial charge in [0.2, 0.25) is 0 Å². The summed E-state index contributed by atoms with van der Waals surface area (Å²) in [6.07, 6.45) is 1.60. The monoisotopic (exact) mass is 424 g/mol. The molecule has 0 bridgehead atoms. The molecule has 3 aromatic carbocycles. The van der Waals surface area contributed by atoms with Crippen LogP contribution in [0.4, 0.5) is 4.79 Å². The maximum absolute atomic E-state index is 13.1. The van der Waals surface area contributed by atoms with E-state index >= 15 is 0 Å². The van der Waals surface area contributed by atoms with E-state index in [0.717, 1.165) is 22.0 Å². The molecule has 1 aliphatic rings. The van der Waals surface area contributed by atoms with E-state index < -0.39 is 12.1 Å². The van der Waals surface area contributed by atoms with Gasteiger partial charge in [0.15, 0.2) is 5.78 Å². The van der Waals surface area contributed by atoms with Crippen molar-refractivity contribution in [3.63, 3.8) is 0 Å². The van der Waals surface area contributed by atoms with Crippen LogP contribution in [-0.4, -0.2) is 29.5 Å². The standard InChI is InChI=1S/C27H24N2O3/c1-2-24(26(30)22-15-28-25-14-8-7-13-21(22)25)29-27(31)32-16-23-19-11-5-3-9-17(19)18-10-4-6-12-20(18)23/h3-15,23-24,28H,2,16H2,1H3,(H,29,31)/t24-/m1/s1. The van der Waals surface area contributed by atoms with Crippen molar-refractivity contribution < 1.29 is 14.3 Å². The molecule has 1 amide bonds. The largest absolute Gasteiger partial charge is 0.449 e. The summed E-state index contributed by atoms with van der Waals surface area (Å²) >= 11 is 0. The number of benzene rings is 3. The minimum atomic E-state index is -0.648. The number of carbonyl (C=O) groups excluding carboxylic acids is 2. The van der Waals surface area contributed by atoms with Gasteiger partial charge in [-0.15, -0.1) is 0 Å². The topological polar surface area (TPSA) is 71.2 Å². The van der Waals surface area contributed by atoms with Crippen LogP contribution in [0.15, 0.2) is 79.0 Å². The van der Waals surface area contributed by atoms with E-state index in [-0.39, 0.29) is 18.3 Å². The van der Waals surface area contributed by atoms with Gasteiger partial charge in [-0.05, 0) is 34.7 Å². The average Bonchev–Trinajstić information content (AvgIpc) is 3.40. The second kappa shape index (κ2) is 8.35. The Morgan fingerprint density at radius 3 is 2.25 bits per heavy atom. The first kappa shape index (κ1) is 20.1. The van der Waals surface area contributed by atoms with Gasteiger partial charge in [0.1, 0.15) is 6.61 Å². The summed E-state index contributed by atoms with van der Waals surface area (Å²) in [6, 6.07) is 23.4. The number of H-pyrrole nitrogens is 1. The molecule has 1 atom stereocenters. The first-order valence-electron chi connectivity index (χ1n) is 10.9. The summed E-state index contributed by atoms with van der Waals surface area (Å²) in [4.78, 5) is 28.8. The summed E-state index contributed by atoms with van der Waals surface area (Å²) in [7, 11) is 0. The Morgan fingerprint density at radius 2 is 1.56 bits per heavy atom. The zero-order valence-corrected chi connectivity index (χ0v) is 17.8. The number of nitrogens with one attached hydrogen (secondary N) is 2. The molecule has 0 unspecified atom stereocenters. The van der Waals surface area contributed by atoms with Crippen LogP contribution in [0.2, 0.25) is 0 Å². The van der Waals surface area contributed by atoms with Crippen molar-refractivity contribution in [2.24, 2.45) is 0 Å². The molecule has 160 valence electrons. The molecule has 1 aromatic heterocycles. The van der Waals surface area contributed by atoms with Crippen LogP contribution < -0.4 is 5.32 Å². The molecule has 0 spiro atoms. The number of aromatic amines is 1. The molecule has 1 heterocycles. The third-order valence-corrected chi connectivity index (χ3v) is 6.22. The Morgan fingerprint density at radius 1 is 0.938 bits per heavy atom. The Hall–Kier alpha value is -3.86. The summed E-state index contributed by atoms with van der Waals surface area (Å²) < 4.78 is 5.62. The fraction of sp³-hybridized carbons (Fsp3) is 0.185. The lowest BCUT2D eigenvalue weighted by atomic mass is 9.98. The minimum Gasteiger partial charge on any atom is -0.449 e. The van der Waals surface area contributed by atoms with E-state index in [9.17, 15) is 9.59 Å². The molecule has 5 heteroatoms. The minimum absolute atomic E-state index is 0.0162. The number of aromatic nitrogens is 1. The van der Waals surface area contributed by atoms with Crippen molar-refractivity contribution in [1.29, 1.82) is 0 Å². The molecule has 0 radical (unpaired) electrons. The smallest absolute Gasteiger partial charge is 0.407 e. The summed E-state index contributed by atoms with van der Waals surface area (Å²) in [5.74, 6) is -0.143. The normalized spacial score (nSPS) is 13.4. The van der Waals surface area contributed by atoms with Crippen molar-refractivity contribution >= 4 is 22.8 Å². The zero-order chi connectivity index (χ0) is 22.1. The highest BCUT2D eigenvalue weighted by molar-refractivity contribution is 6.10. The number of rotatable bonds is 6. The van der Waals surface area contributed by atoms with Crippen molar-refractivity contribution in [2.45, 2.75) is 25.3 Å². The third kappa shape index (κ3) is 3.46. The summed E-state index contributed by atoms with van der Waals surface area (Å²) in [6.45, 7) is 2.10. The predicted molar refractivity (Wildman–Crippen MR) is 125 cm³/mol. The molecule has 32 heavy (non-hydrogen) atoms. The Kier molecular flexibility index (Phi) is 5.23. The molecular formula is C27H24N2O3. The van der Waals surface area contributed by atoms with Gasteiger partial charge in [0.05, 0.1) is 6.04 Å². The Balaban J connectivity index is 1.29. The number of ketones is 1. The van der Waals surface area contributed by atoms with Crippen molar-refractivity contribution in [1.82, 2.24) is 10.3 Å². The number of hydrogen-bond donors (Lipinski definition) is 2. The molecule has 0 saturated heterocycles. The maximum atomic E-state index is 13.1. The lowest BCUT2D eigenvalue weighted by Gasteiger charge is -2.18. The molecule has 5 rings (SSSR count). The number of alkyl carbamates (subject to hydrolysis) is 1. The first-order chi connectivity index (χ1) is 15.7. The van der Waals surface area contributed by atoms with Gasteiger partial charge in [-0.25, -0.2) is 4.79 Å². The van der Waals surface area contributed by atoms with E-state index in [0.29, 0.717) is 12.0 Å². The van der Waals surface area contributed by atoms with E-state index in [1.807, 2.05) is 55.5 Å². The van der Waals surface area contributed by atoms with E-state index in [1.165, 1.54) is 11.1 Å². The molecule has 0 aliphatic heterocycles. The number of Topliss-reactive ketones (excluding diaryl/α,β-unsaturated/α-hetero) is 1. The molecular weight excluding hydrogens is 400 g/mol. The number of ether oxygens (including phenoxy) is 1. The van der Waals surface area contributed by atoms with E-state index in [1.54, 1.807) is 6.20 Å². The van der Waals surface area contributed by atoms with Gasteiger partial charge >= 0.3 is 6.09 Å². The molecule has 2 N–H and O–H groups in total. The lowest BCUT2D eigenvalue weighted by Crippen LogP contribution is -2.41. The molecule has 0 fully saturated rings. The Labute approximate surface area is 186 Å². The lowest BCUT2D eigenvalue weighted by molar-refractivity contribution is 0.0918. The highest BCUT2D eigenvalue weighted by atomic mass is 16.5. The number of para-hydroxylation sites is 1. The van der Waals surface area contributed by atoms with Crippen LogP contribution in [0.5, 0.6) is 0 Å². The van der Waals surface area contributed by atoms with Crippen molar-refractivity contribution in [3.8, 4) is 11.1 Å².